The van der Waals surface area contributed by atoms with Crippen LogP contribution in [-0.4, -0.2) is 11.1 Å². The number of rotatable bonds is 2. The molecule has 0 radical (unpaired) electrons. The van der Waals surface area contributed by atoms with Gasteiger partial charge in [0.25, 0.3) is 0 Å². The van der Waals surface area contributed by atoms with Gasteiger partial charge in [-0.15, -0.1) is 0 Å². The zero-order chi connectivity index (χ0) is 10.1. The summed E-state index contributed by atoms with van der Waals surface area (Å²) in [6.45, 7) is 0. The first kappa shape index (κ1) is 9.27. The highest BCUT2D eigenvalue weighted by Gasteiger charge is 2.12. The zero-order valence-electron chi connectivity index (χ0n) is 7.16. The first-order valence-corrected chi connectivity index (χ1v) is 5.14. The number of hydrogen-bond acceptors (Lipinski definition) is 2. The van der Waals surface area contributed by atoms with Gasteiger partial charge in [-0.2, -0.15) is 0 Å². The summed E-state index contributed by atoms with van der Waals surface area (Å²) >= 11 is 3.32. The molecule has 3 nitrogen and oxygen atoms in total. The van der Waals surface area contributed by atoms with Gasteiger partial charge >= 0.3 is 5.97 Å². The van der Waals surface area contributed by atoms with Crippen molar-refractivity contribution in [1.29, 1.82) is 0 Å². The number of fused-ring (bicyclic) bond motifs is 1. The Bertz CT molecular complexity index is 487. The summed E-state index contributed by atoms with van der Waals surface area (Å²) in [6, 6.07) is 5.49. The third-order valence-corrected chi connectivity index (χ3v) is 2.67. The number of alkyl halides is 1. The Kier molecular flexibility index (Phi) is 2.29. The maximum absolute atomic E-state index is 10.8. The van der Waals surface area contributed by atoms with Gasteiger partial charge in [-0.1, -0.05) is 22.0 Å². The summed E-state index contributed by atoms with van der Waals surface area (Å²) in [4.78, 5) is 10.8. The molecule has 0 fully saturated rings. The summed E-state index contributed by atoms with van der Waals surface area (Å²) in [5.74, 6) is -0.963. The Balaban J connectivity index is 2.69. The van der Waals surface area contributed by atoms with E-state index in [0.29, 0.717) is 16.3 Å². The Morgan fingerprint density at radius 3 is 2.93 bits per heavy atom. The van der Waals surface area contributed by atoms with Crippen LogP contribution in [-0.2, 0) is 5.33 Å². The van der Waals surface area contributed by atoms with E-state index in [1.54, 1.807) is 6.07 Å². The minimum atomic E-state index is -0.963. The second-order valence-corrected chi connectivity index (χ2v) is 3.48. The first-order chi connectivity index (χ1) is 6.72. The smallest absolute Gasteiger partial charge is 0.339 e. The number of aromatic carboxylic acids is 1. The van der Waals surface area contributed by atoms with Gasteiger partial charge in [0.15, 0.2) is 0 Å². The first-order valence-electron chi connectivity index (χ1n) is 4.02. The van der Waals surface area contributed by atoms with Crippen LogP contribution >= 0.6 is 15.9 Å². The maximum Gasteiger partial charge on any atom is 0.339 e. The van der Waals surface area contributed by atoms with Gasteiger partial charge in [0.05, 0.1) is 0 Å². The largest absolute Gasteiger partial charge is 0.478 e. The molecule has 4 heteroatoms. The second-order valence-electron chi connectivity index (χ2n) is 2.92. The molecule has 0 spiro atoms. The van der Waals surface area contributed by atoms with Crippen molar-refractivity contribution in [2.75, 3.05) is 0 Å². The monoisotopic (exact) mass is 254 g/mol. The van der Waals surface area contributed by atoms with Crippen LogP contribution in [0.4, 0.5) is 0 Å². The molecule has 0 atom stereocenters. The minimum absolute atomic E-state index is 0.211. The minimum Gasteiger partial charge on any atom is -0.478 e. The van der Waals surface area contributed by atoms with Gasteiger partial charge in [-0.25, -0.2) is 4.79 Å². The van der Waals surface area contributed by atoms with Gasteiger partial charge in [0, 0.05) is 10.7 Å². The number of benzene rings is 1. The second kappa shape index (κ2) is 3.46. The third kappa shape index (κ3) is 1.42. The van der Waals surface area contributed by atoms with Crippen molar-refractivity contribution in [3.63, 3.8) is 0 Å². The predicted octanol–water partition coefficient (Wildman–Crippen LogP) is 3.03. The SMILES string of the molecule is O=C(O)c1coc2ccc(CBr)cc12. The maximum atomic E-state index is 10.8. The molecule has 0 aliphatic rings. The summed E-state index contributed by atoms with van der Waals surface area (Å²) in [5, 5.41) is 10.2. The van der Waals surface area contributed by atoms with E-state index in [-0.39, 0.29) is 5.56 Å². The Labute approximate surface area is 88.5 Å². The molecule has 14 heavy (non-hydrogen) atoms. The molecular formula is C10H7BrO3. The molecule has 1 aromatic carbocycles. The van der Waals surface area contributed by atoms with Crippen LogP contribution in [0, 0.1) is 0 Å². The highest BCUT2D eigenvalue weighted by atomic mass is 79.9. The van der Waals surface area contributed by atoms with Crippen LogP contribution in [0.5, 0.6) is 0 Å². The highest BCUT2D eigenvalue weighted by molar-refractivity contribution is 9.08. The molecule has 0 unspecified atom stereocenters. The fourth-order valence-corrected chi connectivity index (χ4v) is 1.67. The van der Waals surface area contributed by atoms with Crippen molar-refractivity contribution in [1.82, 2.24) is 0 Å². The molecular weight excluding hydrogens is 248 g/mol. The molecule has 0 amide bonds. The summed E-state index contributed by atoms with van der Waals surface area (Å²) in [5.41, 5.74) is 1.84. The van der Waals surface area contributed by atoms with Crippen LogP contribution in [0.3, 0.4) is 0 Å². The summed E-state index contributed by atoms with van der Waals surface area (Å²) in [6.07, 6.45) is 1.27. The quantitative estimate of drug-likeness (QED) is 0.839. The van der Waals surface area contributed by atoms with Crippen LogP contribution in [0.25, 0.3) is 11.0 Å². The lowest BCUT2D eigenvalue weighted by Crippen LogP contribution is -1.93. The van der Waals surface area contributed by atoms with E-state index in [1.807, 2.05) is 12.1 Å². The van der Waals surface area contributed by atoms with Crippen molar-refractivity contribution in [2.45, 2.75) is 5.33 Å². The number of hydrogen-bond donors (Lipinski definition) is 1. The lowest BCUT2D eigenvalue weighted by Gasteiger charge is -1.95. The van der Waals surface area contributed by atoms with Gasteiger partial charge in [-0.05, 0) is 17.7 Å². The van der Waals surface area contributed by atoms with E-state index in [0.717, 1.165) is 5.56 Å². The van der Waals surface area contributed by atoms with Gasteiger partial charge in [-0.3, -0.25) is 0 Å². The Morgan fingerprint density at radius 1 is 1.50 bits per heavy atom. The van der Waals surface area contributed by atoms with Crippen LogP contribution in [0.15, 0.2) is 28.9 Å². The molecule has 0 aliphatic carbocycles. The van der Waals surface area contributed by atoms with E-state index in [9.17, 15) is 4.79 Å². The van der Waals surface area contributed by atoms with Crippen molar-refractivity contribution < 1.29 is 14.3 Å². The standard InChI is InChI=1S/C10H7BrO3/c11-4-6-1-2-9-7(3-6)8(5-14-9)10(12)13/h1-3,5H,4H2,(H,12,13). The number of carbonyl (C=O) groups is 1. The number of halogens is 1. The molecule has 1 aromatic heterocycles. The molecule has 1 heterocycles. The van der Waals surface area contributed by atoms with Crippen molar-refractivity contribution >= 4 is 32.9 Å². The lowest BCUT2D eigenvalue weighted by molar-refractivity contribution is 0.0698. The third-order valence-electron chi connectivity index (χ3n) is 2.02. The molecule has 2 rings (SSSR count). The molecule has 0 bridgehead atoms. The van der Waals surface area contributed by atoms with Gasteiger partial charge < -0.3 is 9.52 Å². The van der Waals surface area contributed by atoms with E-state index in [2.05, 4.69) is 15.9 Å². The molecule has 1 N–H and O–H groups in total. The average Bonchev–Trinajstić information content (AvgIpc) is 2.59. The summed E-state index contributed by atoms with van der Waals surface area (Å²) in [7, 11) is 0. The van der Waals surface area contributed by atoms with Gasteiger partial charge in [0.2, 0.25) is 0 Å². The van der Waals surface area contributed by atoms with Crippen molar-refractivity contribution in [3.05, 3.63) is 35.6 Å². The number of furan rings is 1. The predicted molar refractivity (Wildman–Crippen MR) is 55.8 cm³/mol. The fraction of sp³-hybridized carbons (Fsp3) is 0.100. The zero-order valence-corrected chi connectivity index (χ0v) is 8.74. The van der Waals surface area contributed by atoms with Crippen molar-refractivity contribution in [3.8, 4) is 0 Å². The highest BCUT2D eigenvalue weighted by Crippen LogP contribution is 2.23. The topological polar surface area (TPSA) is 50.4 Å². The van der Waals surface area contributed by atoms with E-state index in [4.69, 9.17) is 9.52 Å². The van der Waals surface area contributed by atoms with Crippen LogP contribution in [0.1, 0.15) is 15.9 Å². The molecule has 2 aromatic rings. The van der Waals surface area contributed by atoms with E-state index in [1.165, 1.54) is 6.26 Å². The summed E-state index contributed by atoms with van der Waals surface area (Å²) < 4.78 is 5.11. The van der Waals surface area contributed by atoms with Gasteiger partial charge in [0.1, 0.15) is 17.4 Å². The molecule has 0 saturated carbocycles. The van der Waals surface area contributed by atoms with E-state index >= 15 is 0 Å². The number of carboxylic acids is 1. The van der Waals surface area contributed by atoms with E-state index < -0.39 is 5.97 Å². The number of carboxylic acid groups (broad SMARTS) is 1. The molecule has 72 valence electrons. The molecule has 0 saturated heterocycles. The Morgan fingerprint density at radius 2 is 2.29 bits per heavy atom. The van der Waals surface area contributed by atoms with Crippen molar-refractivity contribution in [2.24, 2.45) is 0 Å². The Hall–Kier alpha value is -1.29. The lowest BCUT2D eigenvalue weighted by atomic mass is 10.1. The van der Waals surface area contributed by atoms with Crippen LogP contribution < -0.4 is 0 Å². The fourth-order valence-electron chi connectivity index (χ4n) is 1.33. The normalized spacial score (nSPS) is 10.6. The molecule has 0 aliphatic heterocycles. The van der Waals surface area contributed by atoms with Crippen LogP contribution in [0.2, 0.25) is 0 Å². The average molecular weight is 255 g/mol.